The molecule has 1 saturated heterocycles. The Morgan fingerprint density at radius 2 is 1.80 bits per heavy atom. The first-order valence-electron chi connectivity index (χ1n) is 7.12. The van der Waals surface area contributed by atoms with E-state index in [0.29, 0.717) is 12.1 Å². The van der Waals surface area contributed by atoms with Gasteiger partial charge in [0, 0.05) is 43.9 Å². The fourth-order valence-electron chi connectivity index (χ4n) is 3.08. The minimum Gasteiger partial charge on any atom is -0.497 e. The summed E-state index contributed by atoms with van der Waals surface area (Å²) in [6.07, 6.45) is 0. The number of carbonyl (C=O) groups is 1. The van der Waals surface area contributed by atoms with Gasteiger partial charge in [0.05, 0.1) is 7.11 Å². The Morgan fingerprint density at radius 1 is 1.20 bits per heavy atom. The molecule has 110 valence electrons. The van der Waals surface area contributed by atoms with Gasteiger partial charge in [0.15, 0.2) is 0 Å². The zero-order valence-corrected chi connectivity index (χ0v) is 13.0. The van der Waals surface area contributed by atoms with E-state index in [-0.39, 0.29) is 5.91 Å². The Balaban J connectivity index is 2.28. The molecule has 20 heavy (non-hydrogen) atoms. The van der Waals surface area contributed by atoms with Crippen LogP contribution in [0.4, 0.5) is 5.69 Å². The molecule has 1 fully saturated rings. The highest BCUT2D eigenvalue weighted by Crippen LogP contribution is 2.29. The van der Waals surface area contributed by atoms with E-state index in [9.17, 15) is 4.79 Å². The third-order valence-electron chi connectivity index (χ3n) is 3.93. The van der Waals surface area contributed by atoms with E-state index in [1.54, 1.807) is 14.0 Å². The Morgan fingerprint density at radius 3 is 2.30 bits per heavy atom. The van der Waals surface area contributed by atoms with Gasteiger partial charge < -0.3 is 14.5 Å². The second kappa shape index (κ2) is 5.73. The van der Waals surface area contributed by atoms with Gasteiger partial charge in [0.1, 0.15) is 5.75 Å². The Kier molecular flexibility index (Phi) is 4.21. The summed E-state index contributed by atoms with van der Waals surface area (Å²) >= 11 is 0. The van der Waals surface area contributed by atoms with E-state index in [4.69, 9.17) is 4.74 Å². The molecule has 0 unspecified atom stereocenters. The second-order valence-electron chi connectivity index (χ2n) is 5.74. The molecule has 1 amide bonds. The van der Waals surface area contributed by atoms with Crippen molar-refractivity contribution in [2.24, 2.45) is 0 Å². The third-order valence-corrected chi connectivity index (χ3v) is 3.93. The summed E-state index contributed by atoms with van der Waals surface area (Å²) < 4.78 is 5.37. The number of amides is 1. The van der Waals surface area contributed by atoms with Gasteiger partial charge in [-0.25, -0.2) is 0 Å². The van der Waals surface area contributed by atoms with E-state index in [2.05, 4.69) is 37.8 Å². The smallest absolute Gasteiger partial charge is 0.219 e. The van der Waals surface area contributed by atoms with Crippen molar-refractivity contribution in [1.82, 2.24) is 4.90 Å². The molecule has 0 saturated carbocycles. The maximum Gasteiger partial charge on any atom is 0.219 e. The highest BCUT2D eigenvalue weighted by Gasteiger charge is 2.30. The Hall–Kier alpha value is -1.71. The standard InChI is InChI=1S/C16H24N2O2/c1-11-6-15(8-16(7-11)20-5)18-12(2)9-17(14(4)19)10-13(18)3/h6-8,12-13H,9-10H2,1-5H3/t12-,13+. The van der Waals surface area contributed by atoms with Crippen LogP contribution in [0, 0.1) is 6.92 Å². The SMILES string of the molecule is COc1cc(C)cc(N2[C@H](C)CN(C(C)=O)C[C@@H]2C)c1. The van der Waals surface area contributed by atoms with Crippen molar-refractivity contribution < 1.29 is 9.53 Å². The number of anilines is 1. The van der Waals surface area contributed by atoms with Crippen molar-refractivity contribution >= 4 is 11.6 Å². The van der Waals surface area contributed by atoms with Crippen LogP contribution in [-0.4, -0.2) is 43.1 Å². The molecule has 2 rings (SSSR count). The quantitative estimate of drug-likeness (QED) is 0.832. The Labute approximate surface area is 121 Å². The van der Waals surface area contributed by atoms with Gasteiger partial charge in [-0.1, -0.05) is 0 Å². The van der Waals surface area contributed by atoms with Gasteiger partial charge in [-0.15, -0.1) is 0 Å². The molecule has 4 heteroatoms. The van der Waals surface area contributed by atoms with Gasteiger partial charge in [-0.05, 0) is 38.5 Å². The number of hydrogen-bond donors (Lipinski definition) is 0. The largest absolute Gasteiger partial charge is 0.497 e. The second-order valence-corrected chi connectivity index (χ2v) is 5.74. The predicted octanol–water partition coefficient (Wildman–Crippen LogP) is 2.45. The number of ether oxygens (including phenoxy) is 1. The van der Waals surface area contributed by atoms with E-state index in [0.717, 1.165) is 18.8 Å². The van der Waals surface area contributed by atoms with Crippen molar-refractivity contribution in [3.05, 3.63) is 23.8 Å². The van der Waals surface area contributed by atoms with Crippen LogP contribution >= 0.6 is 0 Å². The van der Waals surface area contributed by atoms with Crippen LogP contribution in [0.5, 0.6) is 5.75 Å². The number of benzene rings is 1. The van der Waals surface area contributed by atoms with Crippen molar-refractivity contribution in [3.63, 3.8) is 0 Å². The van der Waals surface area contributed by atoms with Crippen molar-refractivity contribution in [2.75, 3.05) is 25.1 Å². The van der Waals surface area contributed by atoms with Crippen molar-refractivity contribution in [3.8, 4) is 5.75 Å². The third kappa shape index (κ3) is 2.89. The molecule has 1 aliphatic rings. The van der Waals surface area contributed by atoms with Crippen molar-refractivity contribution in [1.29, 1.82) is 0 Å². The number of aryl methyl sites for hydroxylation is 1. The number of carbonyl (C=O) groups excluding carboxylic acids is 1. The summed E-state index contributed by atoms with van der Waals surface area (Å²) in [6, 6.07) is 6.89. The molecule has 0 N–H and O–H groups in total. The van der Waals surface area contributed by atoms with Crippen LogP contribution < -0.4 is 9.64 Å². The summed E-state index contributed by atoms with van der Waals surface area (Å²) in [6.45, 7) is 9.60. The van der Waals surface area contributed by atoms with Gasteiger partial charge in [-0.3, -0.25) is 4.79 Å². The fourth-order valence-corrected chi connectivity index (χ4v) is 3.08. The molecule has 0 aromatic heterocycles. The summed E-state index contributed by atoms with van der Waals surface area (Å²) in [7, 11) is 1.69. The highest BCUT2D eigenvalue weighted by atomic mass is 16.5. The molecule has 1 aromatic rings. The molecule has 0 aliphatic carbocycles. The lowest BCUT2D eigenvalue weighted by molar-refractivity contribution is -0.130. The van der Waals surface area contributed by atoms with Crippen molar-refractivity contribution in [2.45, 2.75) is 39.8 Å². The Bertz CT molecular complexity index is 489. The van der Waals surface area contributed by atoms with E-state index < -0.39 is 0 Å². The maximum atomic E-state index is 11.6. The van der Waals surface area contributed by atoms with E-state index >= 15 is 0 Å². The van der Waals surface area contributed by atoms with Crippen LogP contribution in [0.3, 0.4) is 0 Å². The molecular formula is C16H24N2O2. The molecular weight excluding hydrogens is 252 g/mol. The molecule has 4 nitrogen and oxygen atoms in total. The van der Waals surface area contributed by atoms with Gasteiger partial charge in [-0.2, -0.15) is 0 Å². The van der Waals surface area contributed by atoms with Gasteiger partial charge in [0.25, 0.3) is 0 Å². The zero-order chi connectivity index (χ0) is 14.9. The van der Waals surface area contributed by atoms with Crippen LogP contribution in [-0.2, 0) is 4.79 Å². The average Bonchev–Trinajstić information content (AvgIpc) is 2.37. The normalized spacial score (nSPS) is 22.9. The number of hydrogen-bond acceptors (Lipinski definition) is 3. The highest BCUT2D eigenvalue weighted by molar-refractivity contribution is 5.74. The molecule has 1 aromatic carbocycles. The molecule has 1 heterocycles. The van der Waals surface area contributed by atoms with Crippen LogP contribution in [0.15, 0.2) is 18.2 Å². The number of piperazine rings is 1. The fraction of sp³-hybridized carbons (Fsp3) is 0.562. The van der Waals surface area contributed by atoms with Gasteiger partial charge >= 0.3 is 0 Å². The first-order chi connectivity index (χ1) is 9.42. The number of nitrogens with zero attached hydrogens (tertiary/aromatic N) is 2. The lowest BCUT2D eigenvalue weighted by Crippen LogP contribution is -2.58. The van der Waals surface area contributed by atoms with Crippen LogP contribution in [0.1, 0.15) is 26.3 Å². The lowest BCUT2D eigenvalue weighted by atomic mass is 10.1. The van der Waals surface area contributed by atoms with E-state index in [1.165, 1.54) is 11.3 Å². The van der Waals surface area contributed by atoms with Crippen LogP contribution in [0.25, 0.3) is 0 Å². The summed E-state index contributed by atoms with van der Waals surface area (Å²) in [5.41, 5.74) is 2.36. The maximum absolute atomic E-state index is 11.6. The predicted molar refractivity (Wildman–Crippen MR) is 81.4 cm³/mol. The minimum absolute atomic E-state index is 0.158. The average molecular weight is 276 g/mol. The summed E-state index contributed by atoms with van der Waals surface area (Å²) in [5.74, 6) is 1.04. The number of rotatable bonds is 2. The molecule has 0 radical (unpaired) electrons. The van der Waals surface area contributed by atoms with E-state index in [1.807, 2.05) is 11.0 Å². The van der Waals surface area contributed by atoms with Gasteiger partial charge in [0.2, 0.25) is 5.91 Å². The van der Waals surface area contributed by atoms with Crippen LogP contribution in [0.2, 0.25) is 0 Å². The summed E-state index contributed by atoms with van der Waals surface area (Å²) in [4.78, 5) is 15.9. The molecule has 1 aliphatic heterocycles. The topological polar surface area (TPSA) is 32.8 Å². The molecule has 0 spiro atoms. The minimum atomic E-state index is 0.158. The summed E-state index contributed by atoms with van der Waals surface area (Å²) in [5, 5.41) is 0. The first kappa shape index (κ1) is 14.7. The zero-order valence-electron chi connectivity index (χ0n) is 13.0. The monoisotopic (exact) mass is 276 g/mol. The lowest BCUT2D eigenvalue weighted by Gasteiger charge is -2.45. The number of methoxy groups -OCH3 is 1. The molecule has 2 atom stereocenters. The first-order valence-corrected chi connectivity index (χ1v) is 7.12. The molecule has 0 bridgehead atoms.